The van der Waals surface area contributed by atoms with Crippen molar-refractivity contribution in [3.05, 3.63) is 0 Å². The van der Waals surface area contributed by atoms with Gasteiger partial charge in [0, 0.05) is 5.75 Å². The molecule has 0 aromatic rings. The fraction of sp³-hybridized carbons (Fsp3) is 0.778. The number of hydrogen-bond donors (Lipinski definition) is 7. The number of carbonyl (C=O) groups is 2. The third-order valence-corrected chi connectivity index (χ3v) is 3.99. The largest absolute Gasteiger partial charge is 0.480 e. The molecule has 0 radical (unpaired) electrons. The van der Waals surface area contributed by atoms with Crippen LogP contribution in [0.15, 0.2) is 0 Å². The Hall–Kier alpha value is -0.910. The summed E-state index contributed by atoms with van der Waals surface area (Å²) < 4.78 is 0. The predicted octanol–water partition coefficient (Wildman–Crippen LogP) is -3.37. The number of carboxylic acids is 2. The van der Waals surface area contributed by atoms with Gasteiger partial charge in [0.2, 0.25) is 0 Å². The minimum Gasteiger partial charge on any atom is -0.480 e. The van der Waals surface area contributed by atoms with Crippen LogP contribution in [0, 0.1) is 0 Å². The van der Waals surface area contributed by atoms with Gasteiger partial charge in [0.15, 0.2) is 6.10 Å². The third kappa shape index (κ3) is 3.78. The predicted molar refractivity (Wildman–Crippen MR) is 62.5 cm³/mol. The fourth-order valence-electron chi connectivity index (χ4n) is 1.55. The van der Waals surface area contributed by atoms with Crippen LogP contribution in [0.5, 0.6) is 0 Å². The molecule has 19 heavy (non-hydrogen) atoms. The molecular weight excluding hydrogens is 282 g/mol. The number of rotatable bonds is 6. The molecule has 5 unspecified atom stereocenters. The summed E-state index contributed by atoms with van der Waals surface area (Å²) in [6, 6.07) is -0.904. The highest BCUT2D eigenvalue weighted by atomic mass is 32.2. The summed E-state index contributed by atoms with van der Waals surface area (Å²) in [6.07, 6.45) is -7.88. The van der Waals surface area contributed by atoms with E-state index >= 15 is 0 Å². The van der Waals surface area contributed by atoms with Crippen molar-refractivity contribution < 1.29 is 40.2 Å². The zero-order valence-corrected chi connectivity index (χ0v) is 10.4. The lowest BCUT2D eigenvalue weighted by Crippen LogP contribution is -2.53. The first-order valence-corrected chi connectivity index (χ1v) is 6.36. The van der Waals surface area contributed by atoms with E-state index in [1.54, 1.807) is 0 Å². The number of thioether (sulfide) groups is 1. The van der Waals surface area contributed by atoms with Crippen molar-refractivity contribution in [2.24, 2.45) is 0 Å². The van der Waals surface area contributed by atoms with Gasteiger partial charge in [-0.25, -0.2) is 4.79 Å². The topological polar surface area (TPSA) is 168 Å². The van der Waals surface area contributed by atoms with Gasteiger partial charge in [-0.05, 0) is 0 Å². The first-order valence-electron chi connectivity index (χ1n) is 5.31. The Morgan fingerprint density at radius 1 is 1.11 bits per heavy atom. The van der Waals surface area contributed by atoms with Crippen LogP contribution in [0.3, 0.4) is 0 Å². The van der Waals surface area contributed by atoms with E-state index in [4.69, 9.17) is 15.3 Å². The van der Waals surface area contributed by atoms with Crippen LogP contribution in [-0.2, 0) is 9.59 Å². The van der Waals surface area contributed by atoms with Gasteiger partial charge in [0.25, 0.3) is 0 Å². The van der Waals surface area contributed by atoms with E-state index in [0.717, 1.165) is 11.8 Å². The number of hydrogen-bond acceptors (Lipinski definition) is 8. The minimum absolute atomic E-state index is 0.154. The summed E-state index contributed by atoms with van der Waals surface area (Å²) in [7, 11) is 0. The molecule has 7 N–H and O–H groups in total. The maximum atomic E-state index is 10.7. The molecule has 0 amide bonds. The maximum absolute atomic E-state index is 10.7. The van der Waals surface area contributed by atoms with Crippen LogP contribution in [0.4, 0.5) is 0 Å². The highest BCUT2D eigenvalue weighted by Gasteiger charge is 2.41. The maximum Gasteiger partial charge on any atom is 0.335 e. The van der Waals surface area contributed by atoms with Gasteiger partial charge in [-0.1, -0.05) is 0 Å². The van der Waals surface area contributed by atoms with Gasteiger partial charge in [0.05, 0.1) is 5.37 Å². The van der Waals surface area contributed by atoms with Gasteiger partial charge in [-0.2, -0.15) is 0 Å². The fourth-order valence-corrected chi connectivity index (χ4v) is 2.81. The van der Waals surface area contributed by atoms with E-state index in [1.807, 2.05) is 0 Å². The molecule has 0 bridgehead atoms. The van der Waals surface area contributed by atoms with Crippen molar-refractivity contribution in [3.63, 3.8) is 0 Å². The molecular formula is C9H15NO8S. The molecule has 0 aliphatic carbocycles. The molecule has 0 spiro atoms. The van der Waals surface area contributed by atoms with Crippen LogP contribution in [0.1, 0.15) is 0 Å². The van der Waals surface area contributed by atoms with Crippen molar-refractivity contribution in [2.45, 2.75) is 35.8 Å². The second-order valence-electron chi connectivity index (χ2n) is 4.07. The molecule has 0 aromatic carbocycles. The summed E-state index contributed by atoms with van der Waals surface area (Å²) in [4.78, 5) is 21.1. The second kappa shape index (κ2) is 6.50. The Morgan fingerprint density at radius 2 is 1.68 bits per heavy atom. The van der Waals surface area contributed by atoms with E-state index in [9.17, 15) is 24.9 Å². The van der Waals surface area contributed by atoms with Gasteiger partial charge in [-0.3, -0.25) is 10.1 Å². The molecule has 0 saturated carbocycles. The number of aliphatic hydroxyl groups excluding tert-OH is 4. The van der Waals surface area contributed by atoms with E-state index in [2.05, 4.69) is 5.32 Å². The SMILES string of the molecule is O=C(O)C(O)C(O)C(O)C(O)C1N[C@H](C(=O)O)CS1. The monoisotopic (exact) mass is 297 g/mol. The number of aliphatic carboxylic acids is 2. The smallest absolute Gasteiger partial charge is 0.335 e. The lowest BCUT2D eigenvalue weighted by Gasteiger charge is -2.28. The lowest BCUT2D eigenvalue weighted by atomic mass is 10.0. The Kier molecular flexibility index (Phi) is 5.52. The molecule has 0 aromatic heterocycles. The highest BCUT2D eigenvalue weighted by Crippen LogP contribution is 2.24. The molecule has 1 fully saturated rings. The lowest BCUT2D eigenvalue weighted by molar-refractivity contribution is -0.162. The molecule has 1 aliphatic rings. The van der Waals surface area contributed by atoms with Crippen molar-refractivity contribution in [2.75, 3.05) is 5.75 Å². The zero-order valence-electron chi connectivity index (χ0n) is 9.58. The van der Waals surface area contributed by atoms with Gasteiger partial charge in [0.1, 0.15) is 24.4 Å². The summed E-state index contributed by atoms with van der Waals surface area (Å²) in [5.74, 6) is -2.71. The van der Waals surface area contributed by atoms with Crippen LogP contribution in [0.2, 0.25) is 0 Å². The van der Waals surface area contributed by atoms with E-state index in [-0.39, 0.29) is 5.75 Å². The summed E-state index contributed by atoms with van der Waals surface area (Å²) in [6.45, 7) is 0. The van der Waals surface area contributed by atoms with Gasteiger partial charge < -0.3 is 30.6 Å². The van der Waals surface area contributed by atoms with Crippen molar-refractivity contribution in [3.8, 4) is 0 Å². The van der Waals surface area contributed by atoms with E-state index < -0.39 is 47.8 Å². The molecule has 1 aliphatic heterocycles. The Labute approximate surface area is 111 Å². The summed E-state index contributed by atoms with van der Waals surface area (Å²) in [5, 5.41) is 56.5. The van der Waals surface area contributed by atoms with Crippen LogP contribution in [0.25, 0.3) is 0 Å². The molecule has 9 nitrogen and oxygen atoms in total. The number of carboxylic acid groups (broad SMARTS) is 2. The van der Waals surface area contributed by atoms with Crippen LogP contribution >= 0.6 is 11.8 Å². The third-order valence-electron chi connectivity index (χ3n) is 2.69. The molecule has 110 valence electrons. The van der Waals surface area contributed by atoms with Crippen LogP contribution in [-0.4, -0.2) is 84.2 Å². The normalized spacial score (nSPS) is 29.5. The van der Waals surface area contributed by atoms with Crippen molar-refractivity contribution >= 4 is 23.7 Å². The Morgan fingerprint density at radius 3 is 2.11 bits per heavy atom. The Balaban J connectivity index is 2.60. The van der Waals surface area contributed by atoms with Crippen molar-refractivity contribution in [1.29, 1.82) is 0 Å². The minimum atomic E-state index is -2.24. The van der Waals surface area contributed by atoms with E-state index in [0.29, 0.717) is 0 Å². The molecule has 1 rings (SSSR count). The highest BCUT2D eigenvalue weighted by molar-refractivity contribution is 8.00. The Bertz CT molecular complexity index is 353. The number of nitrogens with one attached hydrogen (secondary N) is 1. The standard InChI is InChI=1S/C9H15NO8S/c11-3(4(12)6(14)9(17)18)5(13)7-10-2(1-19-7)8(15)16/h2-7,10-14H,1H2,(H,15,16)(H,17,18)/t2-,3?,4?,5?,6?,7?/m0/s1. The summed E-state index contributed by atoms with van der Waals surface area (Å²) in [5.41, 5.74) is 0. The average Bonchev–Trinajstić information content (AvgIpc) is 2.84. The summed E-state index contributed by atoms with van der Waals surface area (Å²) >= 11 is 1.01. The molecule has 6 atom stereocenters. The van der Waals surface area contributed by atoms with Crippen LogP contribution < -0.4 is 5.32 Å². The van der Waals surface area contributed by atoms with Gasteiger partial charge >= 0.3 is 11.9 Å². The number of aliphatic hydroxyl groups is 4. The zero-order chi connectivity index (χ0) is 14.7. The van der Waals surface area contributed by atoms with Gasteiger partial charge in [-0.15, -0.1) is 11.8 Å². The first-order chi connectivity index (χ1) is 8.75. The quantitative estimate of drug-likeness (QED) is 0.263. The molecule has 1 heterocycles. The first kappa shape index (κ1) is 16.1. The molecule has 10 heteroatoms. The van der Waals surface area contributed by atoms with E-state index in [1.165, 1.54) is 0 Å². The van der Waals surface area contributed by atoms with Crippen molar-refractivity contribution in [1.82, 2.24) is 5.32 Å². The average molecular weight is 297 g/mol. The molecule has 1 saturated heterocycles. The second-order valence-corrected chi connectivity index (χ2v) is 5.24.